The van der Waals surface area contributed by atoms with E-state index in [9.17, 15) is 0 Å². The first kappa shape index (κ1) is 8.82. The fourth-order valence-electron chi connectivity index (χ4n) is 0.777. The lowest BCUT2D eigenvalue weighted by atomic mass is 10.3. The minimum absolute atomic E-state index is 0.345. The Bertz CT molecular complexity index is 328. The molecule has 0 aliphatic rings. The minimum Gasteiger partial charge on any atom is -0.363 e. The summed E-state index contributed by atoms with van der Waals surface area (Å²) in [6.45, 7) is 0. The molecule has 4 heteroatoms. The second-order valence-electron chi connectivity index (χ2n) is 2.54. The van der Waals surface area contributed by atoms with Crippen LogP contribution >= 0.6 is 11.6 Å². The zero-order chi connectivity index (χ0) is 9.14. The van der Waals surface area contributed by atoms with E-state index in [2.05, 4.69) is 4.98 Å². The monoisotopic (exact) mass is 181 g/mol. The number of anilines is 1. The summed E-state index contributed by atoms with van der Waals surface area (Å²) in [7, 11) is 3.69. The van der Waals surface area contributed by atoms with Gasteiger partial charge in [0, 0.05) is 14.1 Å². The number of nitriles is 1. The summed E-state index contributed by atoms with van der Waals surface area (Å²) in [4.78, 5) is 5.82. The van der Waals surface area contributed by atoms with E-state index in [1.54, 1.807) is 11.0 Å². The van der Waals surface area contributed by atoms with Crippen molar-refractivity contribution in [1.29, 1.82) is 5.26 Å². The van der Waals surface area contributed by atoms with Crippen molar-refractivity contribution in [2.45, 2.75) is 0 Å². The third kappa shape index (κ3) is 1.86. The first-order chi connectivity index (χ1) is 5.63. The third-order valence-electron chi connectivity index (χ3n) is 1.37. The van der Waals surface area contributed by atoms with Crippen LogP contribution in [0, 0.1) is 11.3 Å². The summed E-state index contributed by atoms with van der Waals surface area (Å²) in [6.07, 6.45) is 0. The molecule has 0 aromatic carbocycles. The van der Waals surface area contributed by atoms with Crippen molar-refractivity contribution in [2.24, 2.45) is 0 Å². The van der Waals surface area contributed by atoms with Gasteiger partial charge in [0.25, 0.3) is 0 Å². The Morgan fingerprint density at radius 1 is 1.50 bits per heavy atom. The summed E-state index contributed by atoms with van der Waals surface area (Å²) in [6, 6.07) is 5.23. The SMILES string of the molecule is CN(C)c1cc(C#N)cc(Cl)n1. The Labute approximate surface area is 76.2 Å². The molecule has 0 atom stereocenters. The van der Waals surface area contributed by atoms with Crippen LogP contribution in [0.2, 0.25) is 5.15 Å². The van der Waals surface area contributed by atoms with E-state index in [1.165, 1.54) is 6.07 Å². The lowest BCUT2D eigenvalue weighted by Crippen LogP contribution is -2.10. The molecule has 12 heavy (non-hydrogen) atoms. The highest BCUT2D eigenvalue weighted by Gasteiger charge is 2.01. The van der Waals surface area contributed by atoms with Crippen molar-refractivity contribution < 1.29 is 0 Å². The first-order valence-electron chi connectivity index (χ1n) is 3.38. The van der Waals surface area contributed by atoms with Gasteiger partial charge in [0.2, 0.25) is 0 Å². The number of hydrogen-bond acceptors (Lipinski definition) is 3. The molecule has 0 spiro atoms. The highest BCUT2D eigenvalue weighted by molar-refractivity contribution is 6.29. The zero-order valence-corrected chi connectivity index (χ0v) is 7.63. The van der Waals surface area contributed by atoms with Crippen LogP contribution in [0.25, 0.3) is 0 Å². The summed E-state index contributed by atoms with van der Waals surface area (Å²) >= 11 is 5.68. The molecule has 0 amide bonds. The van der Waals surface area contributed by atoms with Crippen molar-refractivity contribution in [3.63, 3.8) is 0 Å². The van der Waals surface area contributed by atoms with Gasteiger partial charge in [-0.05, 0) is 12.1 Å². The van der Waals surface area contributed by atoms with E-state index in [0.29, 0.717) is 16.5 Å². The molecule has 62 valence electrons. The molecule has 0 unspecified atom stereocenters. The van der Waals surface area contributed by atoms with Crippen LogP contribution in [0.4, 0.5) is 5.82 Å². The predicted octanol–water partition coefficient (Wildman–Crippen LogP) is 1.67. The molecule has 0 saturated carbocycles. The summed E-state index contributed by atoms with van der Waals surface area (Å²) in [5.41, 5.74) is 0.527. The van der Waals surface area contributed by atoms with Crippen molar-refractivity contribution in [3.8, 4) is 6.07 Å². The van der Waals surface area contributed by atoms with Crippen molar-refractivity contribution in [3.05, 3.63) is 22.8 Å². The van der Waals surface area contributed by atoms with E-state index in [1.807, 2.05) is 20.2 Å². The smallest absolute Gasteiger partial charge is 0.132 e. The molecular formula is C8H8ClN3. The van der Waals surface area contributed by atoms with Gasteiger partial charge < -0.3 is 4.90 Å². The van der Waals surface area contributed by atoms with Gasteiger partial charge in [-0.15, -0.1) is 0 Å². The number of rotatable bonds is 1. The van der Waals surface area contributed by atoms with Crippen LogP contribution in [-0.2, 0) is 0 Å². The Kier molecular flexibility index (Phi) is 2.51. The van der Waals surface area contributed by atoms with Gasteiger partial charge >= 0.3 is 0 Å². The molecule has 1 aromatic heterocycles. The number of pyridine rings is 1. The van der Waals surface area contributed by atoms with Crippen molar-refractivity contribution >= 4 is 17.4 Å². The number of halogens is 1. The van der Waals surface area contributed by atoms with E-state index in [-0.39, 0.29) is 0 Å². The molecule has 1 rings (SSSR count). The fourth-order valence-corrected chi connectivity index (χ4v) is 0.981. The van der Waals surface area contributed by atoms with Gasteiger partial charge in [-0.3, -0.25) is 0 Å². The largest absolute Gasteiger partial charge is 0.363 e. The van der Waals surface area contributed by atoms with E-state index in [4.69, 9.17) is 16.9 Å². The van der Waals surface area contributed by atoms with E-state index >= 15 is 0 Å². The summed E-state index contributed by atoms with van der Waals surface area (Å²) < 4.78 is 0. The molecule has 0 fully saturated rings. The second kappa shape index (κ2) is 3.42. The average Bonchev–Trinajstić information content (AvgIpc) is 2.03. The number of nitrogens with zero attached hydrogens (tertiary/aromatic N) is 3. The average molecular weight is 182 g/mol. The maximum Gasteiger partial charge on any atom is 0.132 e. The van der Waals surface area contributed by atoms with Gasteiger partial charge in [-0.25, -0.2) is 4.98 Å². The Morgan fingerprint density at radius 3 is 2.67 bits per heavy atom. The van der Waals surface area contributed by atoms with Crippen LogP contribution in [0.5, 0.6) is 0 Å². The van der Waals surface area contributed by atoms with Gasteiger partial charge in [0.1, 0.15) is 11.0 Å². The predicted molar refractivity (Wildman–Crippen MR) is 48.3 cm³/mol. The first-order valence-corrected chi connectivity index (χ1v) is 3.76. The molecule has 0 radical (unpaired) electrons. The molecule has 0 N–H and O–H groups in total. The standard InChI is InChI=1S/C8H8ClN3/c1-12(2)8-4-6(5-10)3-7(9)11-8/h3-4H,1-2H3. The second-order valence-corrected chi connectivity index (χ2v) is 2.93. The highest BCUT2D eigenvalue weighted by atomic mass is 35.5. The highest BCUT2D eigenvalue weighted by Crippen LogP contribution is 2.15. The molecule has 0 bridgehead atoms. The van der Waals surface area contributed by atoms with Crippen LogP contribution < -0.4 is 4.90 Å². The van der Waals surface area contributed by atoms with Crippen LogP contribution in [0.3, 0.4) is 0 Å². The molecule has 3 nitrogen and oxygen atoms in total. The molecule has 0 aliphatic heterocycles. The zero-order valence-electron chi connectivity index (χ0n) is 6.87. The number of aromatic nitrogens is 1. The lowest BCUT2D eigenvalue weighted by Gasteiger charge is -2.10. The van der Waals surface area contributed by atoms with Gasteiger partial charge in [0.05, 0.1) is 11.6 Å². The van der Waals surface area contributed by atoms with Crippen LogP contribution in [-0.4, -0.2) is 19.1 Å². The Balaban J connectivity index is 3.17. The number of hydrogen-bond donors (Lipinski definition) is 0. The Morgan fingerprint density at radius 2 is 2.17 bits per heavy atom. The van der Waals surface area contributed by atoms with Gasteiger partial charge in [-0.2, -0.15) is 5.26 Å². The van der Waals surface area contributed by atoms with E-state index in [0.717, 1.165) is 0 Å². The summed E-state index contributed by atoms with van der Waals surface area (Å²) in [5, 5.41) is 8.96. The normalized spacial score (nSPS) is 9.17. The maximum atomic E-state index is 8.61. The molecule has 1 aromatic rings. The Hall–Kier alpha value is -1.27. The topological polar surface area (TPSA) is 39.9 Å². The summed E-state index contributed by atoms with van der Waals surface area (Å²) in [5.74, 6) is 0.694. The minimum atomic E-state index is 0.345. The fraction of sp³-hybridized carbons (Fsp3) is 0.250. The van der Waals surface area contributed by atoms with Crippen LogP contribution in [0.1, 0.15) is 5.56 Å². The maximum absolute atomic E-state index is 8.61. The quantitative estimate of drug-likeness (QED) is 0.619. The van der Waals surface area contributed by atoms with Crippen molar-refractivity contribution in [1.82, 2.24) is 4.98 Å². The van der Waals surface area contributed by atoms with Gasteiger partial charge in [0.15, 0.2) is 0 Å². The molecule has 0 aliphatic carbocycles. The van der Waals surface area contributed by atoms with Crippen molar-refractivity contribution in [2.75, 3.05) is 19.0 Å². The third-order valence-corrected chi connectivity index (χ3v) is 1.56. The van der Waals surface area contributed by atoms with E-state index < -0.39 is 0 Å². The molecule has 0 saturated heterocycles. The molecular weight excluding hydrogens is 174 g/mol. The van der Waals surface area contributed by atoms with Gasteiger partial charge in [-0.1, -0.05) is 11.6 Å². The lowest BCUT2D eigenvalue weighted by molar-refractivity contribution is 1.07. The molecule has 1 heterocycles. The van der Waals surface area contributed by atoms with Crippen LogP contribution in [0.15, 0.2) is 12.1 Å².